The number of amides is 3. The van der Waals surface area contributed by atoms with Gasteiger partial charge < -0.3 is 35.6 Å². The number of aliphatic hydroxyl groups excluding tert-OH is 2. The van der Waals surface area contributed by atoms with Crippen LogP contribution in [0.4, 0.5) is 0 Å². The number of ether oxygens (including phenoxy) is 2. The maximum Gasteiger partial charge on any atom is 0.217 e. The standard InChI is InChI=1S/C16H29N3O7/c1-8(17-9(2)21)13(18-10(3)22)15-14(19-11(4)23)12(24)6-16(7-20,25-5)26-15/h8,12-15,20,24H,6-7H2,1-5H3,(H,17,21)(H,18,22)(H,19,23)/t8-,12+,13-,14-,15+,16?/m1/s1. The van der Waals surface area contributed by atoms with Crippen molar-refractivity contribution in [2.45, 2.75) is 70.2 Å². The Morgan fingerprint density at radius 2 is 1.77 bits per heavy atom. The van der Waals surface area contributed by atoms with Crippen LogP contribution in [0, 0.1) is 0 Å². The molecule has 150 valence electrons. The van der Waals surface area contributed by atoms with E-state index in [1.54, 1.807) is 6.92 Å². The molecule has 0 radical (unpaired) electrons. The van der Waals surface area contributed by atoms with E-state index in [-0.39, 0.29) is 18.2 Å². The minimum Gasteiger partial charge on any atom is -0.391 e. The molecule has 0 aliphatic carbocycles. The second kappa shape index (κ2) is 9.26. The van der Waals surface area contributed by atoms with Crippen LogP contribution >= 0.6 is 0 Å². The second-order valence-corrected chi connectivity index (χ2v) is 6.57. The summed E-state index contributed by atoms with van der Waals surface area (Å²) in [6, 6.07) is -2.27. The molecule has 1 aliphatic rings. The van der Waals surface area contributed by atoms with Gasteiger partial charge in [0.1, 0.15) is 6.10 Å². The number of rotatable bonds is 7. The van der Waals surface area contributed by atoms with Crippen molar-refractivity contribution in [3.63, 3.8) is 0 Å². The molecule has 1 rings (SSSR count). The monoisotopic (exact) mass is 375 g/mol. The van der Waals surface area contributed by atoms with Gasteiger partial charge in [-0.1, -0.05) is 0 Å². The largest absolute Gasteiger partial charge is 0.391 e. The van der Waals surface area contributed by atoms with Gasteiger partial charge in [-0.3, -0.25) is 14.4 Å². The Labute approximate surface area is 152 Å². The van der Waals surface area contributed by atoms with Crippen molar-refractivity contribution < 1.29 is 34.1 Å². The van der Waals surface area contributed by atoms with Gasteiger partial charge in [0.25, 0.3) is 0 Å². The summed E-state index contributed by atoms with van der Waals surface area (Å²) < 4.78 is 11.2. The number of methoxy groups -OCH3 is 1. The van der Waals surface area contributed by atoms with Crippen LogP contribution < -0.4 is 16.0 Å². The minimum atomic E-state index is -1.49. The molecule has 5 N–H and O–H groups in total. The van der Waals surface area contributed by atoms with Crippen molar-refractivity contribution in [3.8, 4) is 0 Å². The van der Waals surface area contributed by atoms with E-state index in [1.165, 1.54) is 27.9 Å². The fraction of sp³-hybridized carbons (Fsp3) is 0.812. The molecule has 1 aliphatic heterocycles. The number of hydrogen-bond donors (Lipinski definition) is 5. The Morgan fingerprint density at radius 3 is 2.19 bits per heavy atom. The summed E-state index contributed by atoms with van der Waals surface area (Å²) in [6.07, 6.45) is -2.16. The lowest BCUT2D eigenvalue weighted by Crippen LogP contribution is -2.70. The SMILES string of the molecule is COC1(CO)C[C@H](O)[C@@H](NC(C)=O)[C@H]([C@H](NC(C)=O)[C@@H](C)NC(C)=O)O1. The molecule has 0 bridgehead atoms. The summed E-state index contributed by atoms with van der Waals surface area (Å²) in [4.78, 5) is 34.7. The molecule has 0 aromatic rings. The van der Waals surface area contributed by atoms with Crippen LogP contribution in [0.2, 0.25) is 0 Å². The van der Waals surface area contributed by atoms with Crippen LogP contribution in [0.25, 0.3) is 0 Å². The zero-order valence-corrected chi connectivity index (χ0v) is 15.7. The molecule has 0 aromatic heterocycles. The van der Waals surface area contributed by atoms with Crippen LogP contribution in [-0.4, -0.2) is 77.8 Å². The van der Waals surface area contributed by atoms with E-state index in [1.807, 2.05) is 0 Å². The Kier molecular flexibility index (Phi) is 7.94. The van der Waals surface area contributed by atoms with E-state index >= 15 is 0 Å². The summed E-state index contributed by atoms with van der Waals surface area (Å²) >= 11 is 0. The highest BCUT2D eigenvalue weighted by Gasteiger charge is 2.51. The van der Waals surface area contributed by atoms with E-state index < -0.39 is 48.6 Å². The van der Waals surface area contributed by atoms with Gasteiger partial charge in [-0.2, -0.15) is 0 Å². The first-order valence-electron chi connectivity index (χ1n) is 8.38. The first-order chi connectivity index (χ1) is 12.0. The van der Waals surface area contributed by atoms with Crippen molar-refractivity contribution in [3.05, 3.63) is 0 Å². The third-order valence-corrected chi connectivity index (χ3v) is 4.32. The third kappa shape index (κ3) is 5.63. The van der Waals surface area contributed by atoms with Gasteiger partial charge in [-0.05, 0) is 6.92 Å². The van der Waals surface area contributed by atoms with Crippen LogP contribution in [0.5, 0.6) is 0 Å². The van der Waals surface area contributed by atoms with Gasteiger partial charge in [0.15, 0.2) is 5.79 Å². The molecule has 1 fully saturated rings. The van der Waals surface area contributed by atoms with E-state index in [9.17, 15) is 24.6 Å². The van der Waals surface area contributed by atoms with Crippen LogP contribution in [0.15, 0.2) is 0 Å². The lowest BCUT2D eigenvalue weighted by molar-refractivity contribution is -0.309. The van der Waals surface area contributed by atoms with Crippen LogP contribution in [-0.2, 0) is 23.9 Å². The van der Waals surface area contributed by atoms with Crippen LogP contribution in [0.3, 0.4) is 0 Å². The fourth-order valence-corrected chi connectivity index (χ4v) is 3.18. The summed E-state index contributed by atoms with van der Waals surface area (Å²) in [5.74, 6) is -2.60. The highest BCUT2D eigenvalue weighted by atomic mass is 16.7. The van der Waals surface area contributed by atoms with E-state index in [0.717, 1.165) is 0 Å². The fourth-order valence-electron chi connectivity index (χ4n) is 3.18. The smallest absolute Gasteiger partial charge is 0.217 e. The number of carbonyl (C=O) groups excluding carboxylic acids is 3. The predicted octanol–water partition coefficient (Wildman–Crippen LogP) is -1.99. The molecule has 26 heavy (non-hydrogen) atoms. The maximum absolute atomic E-state index is 11.7. The quantitative estimate of drug-likeness (QED) is 0.346. The van der Waals surface area contributed by atoms with Crippen molar-refractivity contribution >= 4 is 17.7 Å². The summed E-state index contributed by atoms with van der Waals surface area (Å²) in [7, 11) is 1.32. The van der Waals surface area contributed by atoms with Gasteiger partial charge in [0.2, 0.25) is 17.7 Å². The first-order valence-corrected chi connectivity index (χ1v) is 8.38. The molecule has 1 heterocycles. The molecular weight excluding hydrogens is 346 g/mol. The molecule has 0 aromatic carbocycles. The minimum absolute atomic E-state index is 0.0806. The van der Waals surface area contributed by atoms with Crippen LogP contribution in [0.1, 0.15) is 34.1 Å². The summed E-state index contributed by atoms with van der Waals surface area (Å²) in [6.45, 7) is 5.04. The molecule has 0 saturated carbocycles. The van der Waals surface area contributed by atoms with Gasteiger partial charge in [0, 0.05) is 40.3 Å². The Balaban J connectivity index is 3.28. The van der Waals surface area contributed by atoms with Crippen molar-refractivity contribution in [2.24, 2.45) is 0 Å². The molecule has 0 spiro atoms. The molecule has 10 heteroatoms. The highest BCUT2D eigenvalue weighted by molar-refractivity contribution is 5.75. The maximum atomic E-state index is 11.7. The average Bonchev–Trinajstić information content (AvgIpc) is 2.53. The zero-order chi connectivity index (χ0) is 20.1. The third-order valence-electron chi connectivity index (χ3n) is 4.32. The Hall–Kier alpha value is -1.75. The van der Waals surface area contributed by atoms with E-state index in [2.05, 4.69) is 16.0 Å². The molecule has 3 amide bonds. The summed E-state index contributed by atoms with van der Waals surface area (Å²) in [5.41, 5.74) is 0. The molecule has 1 saturated heterocycles. The summed E-state index contributed by atoms with van der Waals surface area (Å²) in [5, 5.41) is 28.2. The number of hydrogen-bond acceptors (Lipinski definition) is 7. The normalized spacial score (nSPS) is 30.8. The first kappa shape index (κ1) is 22.3. The van der Waals surface area contributed by atoms with Crippen molar-refractivity contribution in [1.82, 2.24) is 16.0 Å². The zero-order valence-electron chi connectivity index (χ0n) is 15.7. The van der Waals surface area contributed by atoms with Gasteiger partial charge >= 0.3 is 0 Å². The van der Waals surface area contributed by atoms with Gasteiger partial charge in [-0.25, -0.2) is 0 Å². The molecule has 6 atom stereocenters. The lowest BCUT2D eigenvalue weighted by atomic mass is 9.87. The van der Waals surface area contributed by atoms with E-state index in [4.69, 9.17) is 9.47 Å². The van der Waals surface area contributed by atoms with Crippen molar-refractivity contribution in [2.75, 3.05) is 13.7 Å². The molecule has 10 nitrogen and oxygen atoms in total. The number of nitrogens with one attached hydrogen (secondary N) is 3. The van der Waals surface area contributed by atoms with Gasteiger partial charge in [0.05, 0.1) is 24.8 Å². The Morgan fingerprint density at radius 1 is 1.19 bits per heavy atom. The van der Waals surface area contributed by atoms with E-state index in [0.29, 0.717) is 0 Å². The topological polar surface area (TPSA) is 146 Å². The van der Waals surface area contributed by atoms with Gasteiger partial charge in [-0.15, -0.1) is 0 Å². The second-order valence-electron chi connectivity index (χ2n) is 6.57. The highest BCUT2D eigenvalue weighted by Crippen LogP contribution is 2.32. The number of aliphatic hydroxyl groups is 2. The predicted molar refractivity (Wildman–Crippen MR) is 90.8 cm³/mol. The van der Waals surface area contributed by atoms with Crippen molar-refractivity contribution in [1.29, 1.82) is 0 Å². The molecule has 1 unspecified atom stereocenters. The lowest BCUT2D eigenvalue weighted by Gasteiger charge is -2.49. The average molecular weight is 375 g/mol. The Bertz CT molecular complexity index is 524. The number of carbonyl (C=O) groups is 3. The molecular formula is C16H29N3O7.